The number of hydroxylamine groups is 6. The molecule has 250 valence electrons. The number of unbranched alkanes of at least 4 members (excludes halogenated alkanes) is 6. The molecule has 5 amide bonds. The molecule has 17 heteroatoms. The lowest BCUT2D eigenvalue weighted by molar-refractivity contribution is -0.166. The summed E-state index contributed by atoms with van der Waals surface area (Å²) in [6, 6.07) is 0. The summed E-state index contributed by atoms with van der Waals surface area (Å²) >= 11 is 0. The molecule has 16 nitrogen and oxygen atoms in total. The van der Waals surface area contributed by atoms with Gasteiger partial charge in [-0.15, -0.1) is 4.28 Å². The molecule has 0 spiro atoms. The minimum atomic E-state index is -3.98. The number of carbonyl (C=O) groups excluding carboxylic acids is 5. The van der Waals surface area contributed by atoms with E-state index in [1.807, 2.05) is 0 Å². The molecule has 0 rings (SSSR count). The van der Waals surface area contributed by atoms with Crippen molar-refractivity contribution in [1.29, 1.82) is 0 Å². The molecule has 0 aromatic carbocycles. The number of hydrogen-bond donors (Lipinski definition) is 5. The Morgan fingerprint density at radius 2 is 1.14 bits per heavy atom. The zero-order valence-electron chi connectivity index (χ0n) is 25.4. The van der Waals surface area contributed by atoms with Crippen molar-refractivity contribution in [2.24, 2.45) is 5.73 Å². The van der Waals surface area contributed by atoms with Crippen LogP contribution in [0.1, 0.15) is 90.4 Å². The van der Waals surface area contributed by atoms with Crippen molar-refractivity contribution in [2.75, 3.05) is 45.5 Å². The lowest BCUT2D eigenvalue weighted by Crippen LogP contribution is -2.35. The molecule has 0 radical (unpaired) electrons. The maximum atomic E-state index is 12.5. The van der Waals surface area contributed by atoms with Gasteiger partial charge in [0.2, 0.25) is 29.5 Å². The minimum Gasteiger partial charge on any atom is -0.356 e. The molecule has 6 N–H and O–H groups in total. The van der Waals surface area contributed by atoms with Gasteiger partial charge in [-0.05, 0) is 57.9 Å². The number of carbonyl (C=O) groups is 5. The fourth-order valence-electron chi connectivity index (χ4n) is 3.68. The predicted octanol–water partition coefficient (Wildman–Crippen LogP) is 0.424. The Balaban J connectivity index is 4.23. The lowest BCUT2D eigenvalue weighted by atomic mass is 10.2. The van der Waals surface area contributed by atoms with Gasteiger partial charge in [-0.2, -0.15) is 8.42 Å². The largest absolute Gasteiger partial charge is 0.356 e. The van der Waals surface area contributed by atoms with Gasteiger partial charge in [-0.1, -0.05) is 6.42 Å². The van der Waals surface area contributed by atoms with Crippen LogP contribution in [0.15, 0.2) is 0 Å². The van der Waals surface area contributed by atoms with Crippen molar-refractivity contribution >= 4 is 39.7 Å². The van der Waals surface area contributed by atoms with Crippen LogP contribution in [0.5, 0.6) is 0 Å². The second-order valence-electron chi connectivity index (χ2n) is 10.1. The van der Waals surface area contributed by atoms with Gasteiger partial charge in [0.1, 0.15) is 0 Å². The SMILES string of the molecule is CC(=O)N(O)CCCCCNC(=O)CCC(=O)N(CCCCCNC(=O)CCC(=O)N(O)CCCCCN)OS(C)(=O)=O. The summed E-state index contributed by atoms with van der Waals surface area (Å²) in [6.45, 7) is 2.82. The van der Waals surface area contributed by atoms with Crippen molar-refractivity contribution in [3.05, 3.63) is 0 Å². The van der Waals surface area contributed by atoms with Crippen LogP contribution in [0.3, 0.4) is 0 Å². The Morgan fingerprint density at radius 1 is 0.674 bits per heavy atom. The normalized spacial score (nSPS) is 11.1. The van der Waals surface area contributed by atoms with Crippen LogP contribution in [0.25, 0.3) is 0 Å². The molecule has 0 unspecified atom stereocenters. The van der Waals surface area contributed by atoms with E-state index in [4.69, 9.17) is 10.0 Å². The van der Waals surface area contributed by atoms with Crippen molar-refractivity contribution in [2.45, 2.75) is 90.4 Å². The van der Waals surface area contributed by atoms with E-state index in [2.05, 4.69) is 10.6 Å². The molecule has 0 aromatic heterocycles. The molecule has 43 heavy (non-hydrogen) atoms. The number of nitrogens with zero attached hydrogens (tertiary/aromatic N) is 3. The van der Waals surface area contributed by atoms with Crippen molar-refractivity contribution in [1.82, 2.24) is 25.8 Å². The van der Waals surface area contributed by atoms with Crippen molar-refractivity contribution < 1.29 is 47.1 Å². The first-order valence-corrected chi connectivity index (χ1v) is 16.5. The fraction of sp³-hybridized carbons (Fsp3) is 0.808. The van der Waals surface area contributed by atoms with Gasteiger partial charge < -0.3 is 16.4 Å². The molecular formula is C26H50N6O10S. The highest BCUT2D eigenvalue weighted by Crippen LogP contribution is 2.07. The summed E-state index contributed by atoms with van der Waals surface area (Å²) in [7, 11) is -3.98. The number of nitrogens with one attached hydrogen (secondary N) is 2. The smallest absolute Gasteiger partial charge is 0.285 e. The standard InChI is InChI=1S/C26H50N6O10S/c1-22(33)30(38)19-10-4-7-17-29-24(35)13-15-26(37)32(42-43(2,40)41)21-11-5-8-18-28-23(34)12-14-25(36)31(39)20-9-3-6-16-27/h38-39H,3-21,27H2,1-2H3,(H,28,34)(H,29,35). The molecule has 0 bridgehead atoms. The second-order valence-corrected chi connectivity index (χ2v) is 11.7. The van der Waals surface area contributed by atoms with Gasteiger partial charge >= 0.3 is 0 Å². The molecule has 0 heterocycles. The Bertz CT molecular complexity index is 966. The molecule has 0 fully saturated rings. The minimum absolute atomic E-state index is 0.0320. The van der Waals surface area contributed by atoms with E-state index in [1.54, 1.807) is 0 Å². The van der Waals surface area contributed by atoms with Gasteiger partial charge in [-0.25, -0.2) is 15.2 Å². The first-order valence-electron chi connectivity index (χ1n) is 14.7. The van der Waals surface area contributed by atoms with E-state index < -0.39 is 27.8 Å². The third-order valence-corrected chi connectivity index (χ3v) is 6.54. The number of nitrogens with two attached hydrogens (primary N) is 1. The Morgan fingerprint density at radius 3 is 1.63 bits per heavy atom. The van der Waals surface area contributed by atoms with E-state index >= 15 is 0 Å². The molecule has 0 aromatic rings. The number of hydrogen-bond acceptors (Lipinski definition) is 11. The second kappa shape index (κ2) is 23.6. The van der Waals surface area contributed by atoms with Crippen LogP contribution < -0.4 is 16.4 Å². The van der Waals surface area contributed by atoms with Crippen LogP contribution in [-0.2, 0) is 38.4 Å². The number of rotatable bonds is 25. The average molecular weight is 639 g/mol. The molecule has 0 aliphatic heterocycles. The predicted molar refractivity (Wildman–Crippen MR) is 155 cm³/mol. The van der Waals surface area contributed by atoms with Crippen LogP contribution in [0.2, 0.25) is 0 Å². The first kappa shape index (κ1) is 40.1. The van der Waals surface area contributed by atoms with Crippen LogP contribution >= 0.6 is 0 Å². The molecular weight excluding hydrogens is 588 g/mol. The lowest BCUT2D eigenvalue weighted by Gasteiger charge is -2.20. The monoisotopic (exact) mass is 638 g/mol. The van der Waals surface area contributed by atoms with Gasteiger partial charge in [-0.3, -0.25) is 34.4 Å². The van der Waals surface area contributed by atoms with Crippen LogP contribution in [0, 0.1) is 0 Å². The summed E-state index contributed by atoms with van der Waals surface area (Å²) < 4.78 is 28.0. The van der Waals surface area contributed by atoms with Gasteiger partial charge in [0.05, 0.1) is 12.8 Å². The highest BCUT2D eigenvalue weighted by molar-refractivity contribution is 7.85. The fourth-order valence-corrected chi connectivity index (χ4v) is 4.16. The summed E-state index contributed by atoms with van der Waals surface area (Å²) in [4.78, 5) is 59.4. The van der Waals surface area contributed by atoms with Gasteiger partial charge in [0.15, 0.2) is 0 Å². The summed E-state index contributed by atoms with van der Waals surface area (Å²) in [5.41, 5.74) is 5.40. The topological polar surface area (TPSA) is 229 Å². The zero-order chi connectivity index (χ0) is 32.7. The van der Waals surface area contributed by atoms with Crippen LogP contribution in [0.4, 0.5) is 0 Å². The summed E-state index contributed by atoms with van der Waals surface area (Å²) in [6.07, 6.45) is 5.71. The van der Waals surface area contributed by atoms with Crippen molar-refractivity contribution in [3.63, 3.8) is 0 Å². The Hall–Kier alpha value is -2.86. The van der Waals surface area contributed by atoms with Gasteiger partial charge in [0.25, 0.3) is 10.1 Å². The maximum Gasteiger partial charge on any atom is 0.285 e. The van der Waals surface area contributed by atoms with E-state index in [1.165, 1.54) is 6.92 Å². The zero-order valence-corrected chi connectivity index (χ0v) is 26.2. The highest BCUT2D eigenvalue weighted by atomic mass is 32.2. The van der Waals surface area contributed by atoms with E-state index in [-0.39, 0.29) is 57.1 Å². The molecule has 0 saturated carbocycles. The van der Waals surface area contributed by atoms with Crippen molar-refractivity contribution in [3.8, 4) is 0 Å². The highest BCUT2D eigenvalue weighted by Gasteiger charge is 2.20. The average Bonchev–Trinajstić information content (AvgIpc) is 2.94. The maximum absolute atomic E-state index is 12.5. The third kappa shape index (κ3) is 23.3. The Kier molecular flexibility index (Phi) is 22.0. The summed E-state index contributed by atoms with van der Waals surface area (Å²) in [5, 5.41) is 26.3. The first-order chi connectivity index (χ1) is 20.3. The summed E-state index contributed by atoms with van der Waals surface area (Å²) in [5.74, 6) is -2.37. The van der Waals surface area contributed by atoms with Gasteiger partial charge in [0, 0.05) is 58.8 Å². The quantitative estimate of drug-likeness (QED) is 0.0523. The number of amides is 5. The molecule has 0 atom stereocenters. The van der Waals surface area contributed by atoms with E-state index in [0.717, 1.165) is 24.2 Å². The molecule has 0 saturated heterocycles. The molecule has 0 aliphatic rings. The molecule has 0 aliphatic carbocycles. The Labute approximate surface area is 254 Å². The van der Waals surface area contributed by atoms with E-state index in [0.29, 0.717) is 74.7 Å². The van der Waals surface area contributed by atoms with E-state index in [9.17, 15) is 42.8 Å². The van der Waals surface area contributed by atoms with Crippen LogP contribution in [-0.4, -0.2) is 109 Å². The third-order valence-electron chi connectivity index (χ3n) is 6.09.